The number of fused-ring (bicyclic) bond motifs is 1. The van der Waals surface area contributed by atoms with E-state index < -0.39 is 0 Å². The van der Waals surface area contributed by atoms with Crippen LogP contribution in [0.2, 0.25) is 0 Å². The van der Waals surface area contributed by atoms with Crippen LogP contribution in [0.3, 0.4) is 0 Å². The fraction of sp³-hybridized carbons (Fsp3) is 0.333. The van der Waals surface area contributed by atoms with Gasteiger partial charge in [-0.3, -0.25) is 4.79 Å². The fourth-order valence-electron chi connectivity index (χ4n) is 3.46. The first-order valence-electron chi connectivity index (χ1n) is 8.95. The zero-order valence-corrected chi connectivity index (χ0v) is 16.2. The highest BCUT2D eigenvalue weighted by Gasteiger charge is 2.33. The number of nitrogens with zero attached hydrogens (tertiary/aromatic N) is 7. The smallest absolute Gasteiger partial charge is 0.293 e. The molecule has 1 unspecified atom stereocenters. The van der Waals surface area contributed by atoms with Crippen LogP contribution >= 0.6 is 11.3 Å². The second-order valence-corrected chi connectivity index (χ2v) is 7.67. The van der Waals surface area contributed by atoms with Crippen LogP contribution in [0.1, 0.15) is 40.2 Å². The maximum absolute atomic E-state index is 12.9. The highest BCUT2D eigenvalue weighted by Crippen LogP contribution is 2.28. The summed E-state index contributed by atoms with van der Waals surface area (Å²) in [6, 6.07) is 3.85. The van der Waals surface area contributed by atoms with Crippen molar-refractivity contribution in [3.63, 3.8) is 0 Å². The molecule has 0 spiro atoms. The van der Waals surface area contributed by atoms with E-state index in [1.165, 1.54) is 0 Å². The molecule has 0 saturated carbocycles. The van der Waals surface area contributed by atoms with Crippen molar-refractivity contribution in [3.8, 4) is 11.5 Å². The quantitative estimate of drug-likeness (QED) is 0.525. The molecule has 28 heavy (non-hydrogen) atoms. The highest BCUT2D eigenvalue weighted by atomic mass is 32.1. The molecule has 5 heterocycles. The van der Waals surface area contributed by atoms with Gasteiger partial charge in [0, 0.05) is 35.8 Å². The molecule has 0 bridgehead atoms. The highest BCUT2D eigenvalue weighted by molar-refractivity contribution is 7.08. The number of amides is 1. The van der Waals surface area contributed by atoms with E-state index in [1.807, 2.05) is 36.7 Å². The number of carbonyl (C=O) groups is 1. The SMILES string of the molecule is Cc1cc(C)n2nc(C(=O)N3CCC(c4noc(-c5ccsc5)n4)C3)nc2n1. The Morgan fingerprint density at radius 2 is 2.18 bits per heavy atom. The Hall–Kier alpha value is -3.14. The summed E-state index contributed by atoms with van der Waals surface area (Å²) in [6.07, 6.45) is 0.776. The Morgan fingerprint density at radius 1 is 1.29 bits per heavy atom. The van der Waals surface area contributed by atoms with Crippen LogP contribution in [0.25, 0.3) is 17.2 Å². The van der Waals surface area contributed by atoms with Crippen LogP contribution in [-0.4, -0.2) is 53.6 Å². The largest absolute Gasteiger partial charge is 0.335 e. The first kappa shape index (κ1) is 17.0. The van der Waals surface area contributed by atoms with Crippen molar-refractivity contribution in [1.82, 2.24) is 34.6 Å². The van der Waals surface area contributed by atoms with Gasteiger partial charge in [0.25, 0.3) is 17.6 Å². The number of hydrogen-bond donors (Lipinski definition) is 0. The molecule has 0 radical (unpaired) electrons. The Labute approximate surface area is 164 Å². The number of aromatic nitrogens is 6. The lowest BCUT2D eigenvalue weighted by atomic mass is 10.1. The predicted octanol–water partition coefficient (Wildman–Crippen LogP) is 2.48. The molecule has 4 aromatic rings. The molecule has 0 aliphatic carbocycles. The van der Waals surface area contributed by atoms with Gasteiger partial charge in [0.15, 0.2) is 5.82 Å². The van der Waals surface area contributed by atoms with Crippen LogP contribution in [0.5, 0.6) is 0 Å². The summed E-state index contributed by atoms with van der Waals surface area (Å²) in [5.41, 5.74) is 2.65. The Balaban J connectivity index is 1.34. The molecule has 5 rings (SSSR count). The van der Waals surface area contributed by atoms with Crippen molar-refractivity contribution in [2.24, 2.45) is 0 Å². The summed E-state index contributed by atoms with van der Waals surface area (Å²) in [5, 5.41) is 12.4. The van der Waals surface area contributed by atoms with E-state index in [-0.39, 0.29) is 17.6 Å². The summed E-state index contributed by atoms with van der Waals surface area (Å²) in [6.45, 7) is 4.93. The molecule has 142 valence electrons. The lowest BCUT2D eigenvalue weighted by Crippen LogP contribution is -2.29. The van der Waals surface area contributed by atoms with Crippen molar-refractivity contribution < 1.29 is 9.32 Å². The third kappa shape index (κ3) is 2.85. The number of thiophene rings is 1. The van der Waals surface area contributed by atoms with Crippen molar-refractivity contribution in [1.29, 1.82) is 0 Å². The topological polar surface area (TPSA) is 102 Å². The normalized spacial score (nSPS) is 16.9. The van der Waals surface area contributed by atoms with Gasteiger partial charge in [-0.25, -0.2) is 9.50 Å². The minimum absolute atomic E-state index is 0.0409. The molecular formula is C18H17N7O2S. The zero-order chi connectivity index (χ0) is 19.3. The third-order valence-electron chi connectivity index (χ3n) is 4.86. The van der Waals surface area contributed by atoms with Gasteiger partial charge in [-0.15, -0.1) is 5.10 Å². The average Bonchev–Trinajstić information content (AvgIpc) is 3.46. The summed E-state index contributed by atoms with van der Waals surface area (Å²) in [4.78, 5) is 27.8. The Bertz CT molecular complexity index is 1160. The van der Waals surface area contributed by atoms with E-state index in [0.29, 0.717) is 30.6 Å². The van der Waals surface area contributed by atoms with E-state index in [9.17, 15) is 4.79 Å². The van der Waals surface area contributed by atoms with E-state index in [4.69, 9.17) is 4.52 Å². The minimum Gasteiger partial charge on any atom is -0.335 e. The molecule has 1 atom stereocenters. The summed E-state index contributed by atoms with van der Waals surface area (Å²) in [5.74, 6) is 1.59. The van der Waals surface area contributed by atoms with Gasteiger partial charge in [0.2, 0.25) is 5.82 Å². The van der Waals surface area contributed by atoms with Gasteiger partial charge in [0.1, 0.15) is 0 Å². The average molecular weight is 395 g/mol. The minimum atomic E-state index is -0.202. The second kappa shape index (κ2) is 6.48. The maximum atomic E-state index is 12.9. The van der Waals surface area contributed by atoms with E-state index in [0.717, 1.165) is 23.4 Å². The molecule has 1 amide bonds. The molecule has 10 heteroatoms. The second-order valence-electron chi connectivity index (χ2n) is 6.89. The van der Waals surface area contributed by atoms with Crippen molar-refractivity contribution >= 4 is 23.0 Å². The van der Waals surface area contributed by atoms with Crippen LogP contribution in [-0.2, 0) is 0 Å². The van der Waals surface area contributed by atoms with E-state index >= 15 is 0 Å². The Kier molecular flexibility index (Phi) is 3.93. The van der Waals surface area contributed by atoms with Gasteiger partial charge >= 0.3 is 0 Å². The molecule has 4 aromatic heterocycles. The number of carbonyl (C=O) groups excluding carboxylic acids is 1. The first-order chi connectivity index (χ1) is 13.6. The van der Waals surface area contributed by atoms with Crippen LogP contribution in [0.4, 0.5) is 0 Å². The molecule has 9 nitrogen and oxygen atoms in total. The summed E-state index contributed by atoms with van der Waals surface area (Å²) in [7, 11) is 0. The molecule has 1 aliphatic rings. The molecule has 0 N–H and O–H groups in total. The van der Waals surface area contributed by atoms with Crippen molar-refractivity contribution in [2.45, 2.75) is 26.2 Å². The molecule has 1 fully saturated rings. The summed E-state index contributed by atoms with van der Waals surface area (Å²) >= 11 is 1.58. The third-order valence-corrected chi connectivity index (χ3v) is 5.54. The number of likely N-dealkylation sites (tertiary alicyclic amines) is 1. The summed E-state index contributed by atoms with van der Waals surface area (Å²) < 4.78 is 6.97. The van der Waals surface area contributed by atoms with Crippen LogP contribution in [0.15, 0.2) is 27.4 Å². The molecule has 0 aromatic carbocycles. The van der Waals surface area contributed by atoms with Gasteiger partial charge < -0.3 is 9.42 Å². The number of hydrogen-bond acceptors (Lipinski definition) is 8. The predicted molar refractivity (Wildman–Crippen MR) is 101 cm³/mol. The van der Waals surface area contributed by atoms with Crippen LogP contribution < -0.4 is 0 Å². The molecule has 1 aliphatic heterocycles. The number of rotatable bonds is 3. The van der Waals surface area contributed by atoms with Gasteiger partial charge in [-0.05, 0) is 37.8 Å². The maximum Gasteiger partial charge on any atom is 0.293 e. The zero-order valence-electron chi connectivity index (χ0n) is 15.4. The van der Waals surface area contributed by atoms with Crippen molar-refractivity contribution in [3.05, 3.63) is 45.9 Å². The van der Waals surface area contributed by atoms with Crippen LogP contribution in [0, 0.1) is 13.8 Å². The molecular weight excluding hydrogens is 378 g/mol. The van der Waals surface area contributed by atoms with Gasteiger partial charge in [-0.2, -0.15) is 21.3 Å². The Morgan fingerprint density at radius 3 is 3.00 bits per heavy atom. The van der Waals surface area contributed by atoms with E-state index in [1.54, 1.807) is 20.8 Å². The standard InChI is InChI=1S/C18H17N7O2S/c1-10-7-11(2)25-18(19-10)21-15(22-25)17(26)24-5-3-12(8-24)14-20-16(27-23-14)13-4-6-28-9-13/h4,6-7,9,12H,3,5,8H2,1-2H3. The fourth-order valence-corrected chi connectivity index (χ4v) is 4.09. The van der Waals surface area contributed by atoms with Gasteiger partial charge in [0.05, 0.1) is 5.56 Å². The first-order valence-corrected chi connectivity index (χ1v) is 9.89. The van der Waals surface area contributed by atoms with Crippen molar-refractivity contribution in [2.75, 3.05) is 13.1 Å². The lowest BCUT2D eigenvalue weighted by Gasteiger charge is -2.13. The van der Waals surface area contributed by atoms with Gasteiger partial charge in [-0.1, -0.05) is 5.16 Å². The van der Waals surface area contributed by atoms with E-state index in [2.05, 4.69) is 25.2 Å². The lowest BCUT2D eigenvalue weighted by molar-refractivity contribution is 0.0778. The number of aryl methyl sites for hydroxylation is 2. The monoisotopic (exact) mass is 395 g/mol. The molecule has 1 saturated heterocycles.